The van der Waals surface area contributed by atoms with Gasteiger partial charge in [-0.25, -0.2) is 8.78 Å². The SMILES string of the molecule is NCCCN(C(=O)c1ccncc1F)c1cccc(F)c1. The number of benzene rings is 1. The third-order valence-electron chi connectivity index (χ3n) is 2.95. The molecule has 1 aromatic heterocycles. The summed E-state index contributed by atoms with van der Waals surface area (Å²) >= 11 is 0. The lowest BCUT2D eigenvalue weighted by atomic mass is 10.2. The smallest absolute Gasteiger partial charge is 0.261 e. The Hall–Kier alpha value is -2.34. The Balaban J connectivity index is 2.36. The standard InChI is InChI=1S/C15H15F2N3O/c16-11-3-1-4-12(9-11)20(8-2-6-18)15(21)13-5-7-19-10-14(13)17/h1,3-5,7,9-10H,2,6,8,18H2. The molecule has 0 atom stereocenters. The minimum atomic E-state index is -0.711. The molecule has 1 aromatic carbocycles. The molecule has 1 heterocycles. The van der Waals surface area contributed by atoms with Crippen molar-refractivity contribution in [3.63, 3.8) is 0 Å². The number of nitrogens with two attached hydrogens (primary N) is 1. The summed E-state index contributed by atoms with van der Waals surface area (Å²) in [4.78, 5) is 17.4. The van der Waals surface area contributed by atoms with Crippen molar-refractivity contribution in [2.24, 2.45) is 5.73 Å². The van der Waals surface area contributed by atoms with E-state index in [4.69, 9.17) is 5.73 Å². The Morgan fingerprint density at radius 2 is 2.10 bits per heavy atom. The number of rotatable bonds is 5. The number of nitrogens with zero attached hydrogens (tertiary/aromatic N) is 2. The lowest BCUT2D eigenvalue weighted by Gasteiger charge is -2.23. The molecular formula is C15H15F2N3O. The fourth-order valence-corrected chi connectivity index (χ4v) is 1.94. The van der Waals surface area contributed by atoms with Crippen molar-refractivity contribution in [3.05, 3.63) is 59.9 Å². The monoisotopic (exact) mass is 291 g/mol. The van der Waals surface area contributed by atoms with Crippen LogP contribution in [0.2, 0.25) is 0 Å². The maximum Gasteiger partial charge on any atom is 0.261 e. The Morgan fingerprint density at radius 1 is 1.29 bits per heavy atom. The topological polar surface area (TPSA) is 59.2 Å². The van der Waals surface area contributed by atoms with Crippen LogP contribution in [0, 0.1) is 11.6 Å². The average molecular weight is 291 g/mol. The van der Waals surface area contributed by atoms with E-state index in [0.717, 1.165) is 6.20 Å². The highest BCUT2D eigenvalue weighted by atomic mass is 19.1. The van der Waals surface area contributed by atoms with E-state index in [0.29, 0.717) is 18.7 Å². The molecule has 0 aliphatic heterocycles. The predicted molar refractivity (Wildman–Crippen MR) is 75.9 cm³/mol. The summed E-state index contributed by atoms with van der Waals surface area (Å²) < 4.78 is 27.1. The molecule has 21 heavy (non-hydrogen) atoms. The van der Waals surface area contributed by atoms with E-state index in [2.05, 4.69) is 4.98 Å². The number of hydrogen-bond donors (Lipinski definition) is 1. The largest absolute Gasteiger partial charge is 0.330 e. The van der Waals surface area contributed by atoms with E-state index >= 15 is 0 Å². The van der Waals surface area contributed by atoms with Crippen LogP contribution in [0.3, 0.4) is 0 Å². The molecule has 0 bridgehead atoms. The second-order valence-corrected chi connectivity index (χ2v) is 4.43. The number of halogens is 2. The van der Waals surface area contributed by atoms with Gasteiger partial charge < -0.3 is 10.6 Å². The van der Waals surface area contributed by atoms with Gasteiger partial charge in [-0.1, -0.05) is 6.07 Å². The normalized spacial score (nSPS) is 10.4. The first-order valence-electron chi connectivity index (χ1n) is 6.50. The van der Waals surface area contributed by atoms with Gasteiger partial charge in [0, 0.05) is 18.4 Å². The van der Waals surface area contributed by atoms with Gasteiger partial charge in [0.2, 0.25) is 0 Å². The van der Waals surface area contributed by atoms with Gasteiger partial charge >= 0.3 is 0 Å². The van der Waals surface area contributed by atoms with Crippen molar-refractivity contribution in [3.8, 4) is 0 Å². The van der Waals surface area contributed by atoms with E-state index < -0.39 is 17.5 Å². The third kappa shape index (κ3) is 3.61. The first-order chi connectivity index (χ1) is 10.1. The van der Waals surface area contributed by atoms with E-state index in [-0.39, 0.29) is 12.1 Å². The number of aromatic nitrogens is 1. The van der Waals surface area contributed by atoms with Gasteiger partial charge in [0.1, 0.15) is 5.82 Å². The minimum Gasteiger partial charge on any atom is -0.330 e. The molecule has 2 aromatic rings. The average Bonchev–Trinajstić information content (AvgIpc) is 2.48. The molecule has 110 valence electrons. The third-order valence-corrected chi connectivity index (χ3v) is 2.95. The highest BCUT2D eigenvalue weighted by molar-refractivity contribution is 6.06. The Labute approximate surface area is 121 Å². The van der Waals surface area contributed by atoms with Crippen molar-refractivity contribution < 1.29 is 13.6 Å². The second-order valence-electron chi connectivity index (χ2n) is 4.43. The van der Waals surface area contributed by atoms with E-state index in [1.807, 2.05) is 0 Å². The van der Waals surface area contributed by atoms with E-state index in [9.17, 15) is 13.6 Å². The minimum absolute atomic E-state index is 0.105. The first kappa shape index (κ1) is 15.1. The van der Waals surface area contributed by atoms with Crippen LogP contribution in [0.4, 0.5) is 14.5 Å². The Morgan fingerprint density at radius 3 is 2.76 bits per heavy atom. The summed E-state index contributed by atoms with van der Waals surface area (Å²) in [5.74, 6) is -1.72. The molecule has 0 spiro atoms. The van der Waals surface area contributed by atoms with Crippen LogP contribution in [-0.4, -0.2) is 24.0 Å². The van der Waals surface area contributed by atoms with Crippen molar-refractivity contribution in [1.82, 2.24) is 4.98 Å². The summed E-state index contributed by atoms with van der Waals surface area (Å²) in [5, 5.41) is 0. The molecule has 4 nitrogen and oxygen atoms in total. The van der Waals surface area contributed by atoms with Gasteiger partial charge in [-0.15, -0.1) is 0 Å². The molecule has 0 saturated carbocycles. The summed E-state index contributed by atoms with van der Waals surface area (Å²) in [6.07, 6.45) is 2.83. The molecule has 0 radical (unpaired) electrons. The summed E-state index contributed by atoms with van der Waals surface area (Å²) in [5.41, 5.74) is 5.72. The quantitative estimate of drug-likeness (QED) is 0.920. The highest BCUT2D eigenvalue weighted by Crippen LogP contribution is 2.19. The van der Waals surface area contributed by atoms with Gasteiger partial charge in [-0.05, 0) is 37.2 Å². The van der Waals surface area contributed by atoms with Crippen molar-refractivity contribution in [2.45, 2.75) is 6.42 Å². The maximum atomic E-state index is 13.7. The van der Waals surface area contributed by atoms with Crippen LogP contribution in [0.15, 0.2) is 42.7 Å². The summed E-state index contributed by atoms with van der Waals surface area (Å²) in [7, 11) is 0. The molecule has 2 rings (SSSR count). The lowest BCUT2D eigenvalue weighted by Crippen LogP contribution is -2.33. The molecule has 0 aliphatic rings. The molecular weight excluding hydrogens is 276 g/mol. The molecule has 0 unspecified atom stereocenters. The zero-order valence-electron chi connectivity index (χ0n) is 11.3. The molecule has 2 N–H and O–H groups in total. The first-order valence-corrected chi connectivity index (χ1v) is 6.50. The number of pyridine rings is 1. The van der Waals surface area contributed by atoms with Crippen LogP contribution in [-0.2, 0) is 0 Å². The molecule has 6 heteroatoms. The Bertz CT molecular complexity index is 634. The number of amides is 1. The zero-order chi connectivity index (χ0) is 15.2. The van der Waals surface area contributed by atoms with Crippen molar-refractivity contribution in [1.29, 1.82) is 0 Å². The zero-order valence-corrected chi connectivity index (χ0v) is 11.3. The van der Waals surface area contributed by atoms with Crippen LogP contribution >= 0.6 is 0 Å². The molecule has 0 saturated heterocycles. The number of anilines is 1. The van der Waals surface area contributed by atoms with Crippen molar-refractivity contribution in [2.75, 3.05) is 18.0 Å². The molecule has 1 amide bonds. The predicted octanol–water partition coefficient (Wildman–Crippen LogP) is 2.36. The number of carbonyl (C=O) groups excluding carboxylic acids is 1. The molecule has 0 fully saturated rings. The van der Waals surface area contributed by atoms with Crippen molar-refractivity contribution >= 4 is 11.6 Å². The molecule has 0 aliphatic carbocycles. The van der Waals surface area contributed by atoms with Gasteiger partial charge in [-0.3, -0.25) is 9.78 Å². The van der Waals surface area contributed by atoms with Gasteiger partial charge in [-0.2, -0.15) is 0 Å². The number of hydrogen-bond acceptors (Lipinski definition) is 3. The van der Waals surface area contributed by atoms with Gasteiger partial charge in [0.05, 0.1) is 11.8 Å². The maximum absolute atomic E-state index is 13.7. The van der Waals surface area contributed by atoms with Gasteiger partial charge in [0.15, 0.2) is 5.82 Å². The number of carbonyl (C=O) groups is 1. The van der Waals surface area contributed by atoms with Crippen LogP contribution < -0.4 is 10.6 Å². The fraction of sp³-hybridized carbons (Fsp3) is 0.200. The fourth-order valence-electron chi connectivity index (χ4n) is 1.94. The van der Waals surface area contributed by atoms with E-state index in [1.165, 1.54) is 35.4 Å². The van der Waals surface area contributed by atoms with Crippen LogP contribution in [0.1, 0.15) is 16.8 Å². The highest BCUT2D eigenvalue weighted by Gasteiger charge is 2.20. The summed E-state index contributed by atoms with van der Waals surface area (Å²) in [6, 6.07) is 6.90. The summed E-state index contributed by atoms with van der Waals surface area (Å²) in [6.45, 7) is 0.651. The Kier molecular flexibility index (Phi) is 4.94. The second kappa shape index (κ2) is 6.90. The van der Waals surface area contributed by atoms with Gasteiger partial charge in [0.25, 0.3) is 5.91 Å². The van der Waals surface area contributed by atoms with Crippen LogP contribution in [0.5, 0.6) is 0 Å². The van der Waals surface area contributed by atoms with Crippen LogP contribution in [0.25, 0.3) is 0 Å². The lowest BCUT2D eigenvalue weighted by molar-refractivity contribution is 0.0982. The van der Waals surface area contributed by atoms with E-state index in [1.54, 1.807) is 6.07 Å².